The summed E-state index contributed by atoms with van der Waals surface area (Å²) in [7, 11) is 1.54. The minimum Gasteiger partial charge on any atom is -0.356 e. The zero-order valence-electron chi connectivity index (χ0n) is 15.8. The molecule has 156 valence electrons. The van der Waals surface area contributed by atoms with Crippen molar-refractivity contribution in [3.63, 3.8) is 0 Å². The Morgan fingerprint density at radius 3 is 2.73 bits per heavy atom. The molecule has 0 aliphatic carbocycles. The molecule has 0 atom stereocenters. The highest BCUT2D eigenvalue weighted by Gasteiger charge is 2.27. The molecule has 3 amide bonds. The van der Waals surface area contributed by atoms with Crippen molar-refractivity contribution in [2.45, 2.75) is 6.18 Å². The van der Waals surface area contributed by atoms with Crippen LogP contribution in [0.15, 0.2) is 54.9 Å². The van der Waals surface area contributed by atoms with Crippen LogP contribution in [-0.2, 0) is 4.79 Å². The predicted octanol–water partition coefficient (Wildman–Crippen LogP) is 3.44. The number of nitrogens with one attached hydrogen (secondary N) is 3. The minimum atomic E-state index is -4.48. The van der Waals surface area contributed by atoms with E-state index in [2.05, 4.69) is 15.6 Å². The second-order valence-electron chi connectivity index (χ2n) is 6.28. The van der Waals surface area contributed by atoms with Crippen molar-refractivity contribution in [1.29, 1.82) is 0 Å². The van der Waals surface area contributed by atoms with Crippen molar-refractivity contribution in [2.24, 2.45) is 0 Å². The van der Waals surface area contributed by atoms with Crippen LogP contribution < -0.4 is 16.0 Å². The first-order valence-corrected chi connectivity index (χ1v) is 8.84. The number of amides is 3. The average Bonchev–Trinajstić information content (AvgIpc) is 3.13. The number of carbonyl (C=O) groups is 2. The van der Waals surface area contributed by atoms with Crippen LogP contribution >= 0.6 is 0 Å². The van der Waals surface area contributed by atoms with Gasteiger partial charge in [-0.3, -0.25) is 9.20 Å². The van der Waals surface area contributed by atoms with E-state index in [4.69, 9.17) is 0 Å². The molecule has 1 aromatic carbocycles. The maximum atomic E-state index is 12.2. The number of alkyl halides is 3. The molecule has 3 rings (SSSR count). The Labute approximate surface area is 169 Å². The maximum absolute atomic E-state index is 12.2. The van der Waals surface area contributed by atoms with Crippen LogP contribution in [0, 0.1) is 0 Å². The Hall–Kier alpha value is -3.82. The van der Waals surface area contributed by atoms with Gasteiger partial charge in [-0.2, -0.15) is 13.2 Å². The molecule has 2 heterocycles. The Morgan fingerprint density at radius 1 is 1.20 bits per heavy atom. The molecule has 2 aromatic heterocycles. The Bertz CT molecular complexity index is 1110. The van der Waals surface area contributed by atoms with E-state index in [1.165, 1.54) is 6.08 Å². The number of anilines is 1. The lowest BCUT2D eigenvalue weighted by Crippen LogP contribution is -2.36. The summed E-state index contributed by atoms with van der Waals surface area (Å²) in [6.07, 6.45) is 2.03. The van der Waals surface area contributed by atoms with Gasteiger partial charge >= 0.3 is 12.2 Å². The third-order valence-corrected chi connectivity index (χ3v) is 4.08. The zero-order chi connectivity index (χ0) is 21.7. The smallest absolute Gasteiger partial charge is 0.356 e. The fraction of sp³-hybridized carbons (Fsp3) is 0.150. The molecule has 10 heteroatoms. The summed E-state index contributed by atoms with van der Waals surface area (Å²) < 4.78 is 38.5. The number of pyridine rings is 1. The van der Waals surface area contributed by atoms with Gasteiger partial charge in [0.25, 0.3) is 0 Å². The van der Waals surface area contributed by atoms with E-state index in [9.17, 15) is 22.8 Å². The van der Waals surface area contributed by atoms with Gasteiger partial charge in [0, 0.05) is 30.6 Å². The molecule has 0 bridgehead atoms. The highest BCUT2D eigenvalue weighted by molar-refractivity contribution is 5.91. The number of aromatic nitrogens is 2. The number of fused-ring (bicyclic) bond motifs is 1. The summed E-state index contributed by atoms with van der Waals surface area (Å²) in [5.74, 6) is -0.220. The minimum absolute atomic E-state index is 0.220. The lowest BCUT2D eigenvalue weighted by Gasteiger charge is -2.10. The predicted molar refractivity (Wildman–Crippen MR) is 107 cm³/mol. The number of hydrogen-bond donors (Lipinski definition) is 3. The first kappa shape index (κ1) is 20.9. The van der Waals surface area contributed by atoms with Gasteiger partial charge in [-0.25, -0.2) is 9.78 Å². The molecular weight excluding hydrogens is 399 g/mol. The van der Waals surface area contributed by atoms with Crippen LogP contribution in [0.4, 0.5) is 23.7 Å². The molecule has 0 radical (unpaired) electrons. The third kappa shape index (κ3) is 5.37. The first-order chi connectivity index (χ1) is 14.2. The molecule has 0 aliphatic rings. The number of rotatable bonds is 5. The Kier molecular flexibility index (Phi) is 6.05. The average molecular weight is 417 g/mol. The number of urea groups is 1. The van der Waals surface area contributed by atoms with E-state index in [1.54, 1.807) is 61.2 Å². The number of imidazole rings is 1. The van der Waals surface area contributed by atoms with Crippen LogP contribution in [0.2, 0.25) is 0 Å². The summed E-state index contributed by atoms with van der Waals surface area (Å²) in [4.78, 5) is 27.3. The molecule has 0 saturated carbocycles. The van der Waals surface area contributed by atoms with Gasteiger partial charge in [0.2, 0.25) is 5.91 Å². The molecule has 3 aromatic rings. The molecule has 3 N–H and O–H groups in total. The molecule has 0 spiro atoms. The number of halogens is 3. The summed E-state index contributed by atoms with van der Waals surface area (Å²) in [6, 6.07) is 9.34. The molecule has 0 aliphatic heterocycles. The fourth-order valence-corrected chi connectivity index (χ4v) is 2.68. The van der Waals surface area contributed by atoms with Gasteiger partial charge < -0.3 is 16.0 Å². The van der Waals surface area contributed by atoms with Crippen molar-refractivity contribution in [3.8, 4) is 11.3 Å². The van der Waals surface area contributed by atoms with Crippen molar-refractivity contribution in [2.75, 3.05) is 18.9 Å². The molecule has 0 unspecified atom stereocenters. The number of likely N-dealkylation sites (N-methyl/N-ethyl adjacent to an activating group) is 1. The van der Waals surface area contributed by atoms with Crippen LogP contribution in [-0.4, -0.2) is 41.1 Å². The first-order valence-electron chi connectivity index (χ1n) is 8.84. The van der Waals surface area contributed by atoms with E-state index in [0.29, 0.717) is 16.9 Å². The number of carbonyl (C=O) groups excluding carboxylic acids is 2. The highest BCUT2D eigenvalue weighted by atomic mass is 19.4. The summed E-state index contributed by atoms with van der Waals surface area (Å²) in [6.45, 7) is -1.41. The van der Waals surface area contributed by atoms with E-state index in [1.807, 2.05) is 10.5 Å². The standard InChI is InChI=1S/C20H18F3N5O2/c1-24-18(29)6-5-13-7-8-28-16(11-25-17(28)9-13)14-3-2-4-15(10-14)27-19(30)26-12-20(21,22)23/h2-11H,12H2,1H3,(H,24,29)(H2,26,27,30)/b6-5+. The molecule has 0 fully saturated rings. The lowest BCUT2D eigenvalue weighted by molar-refractivity contribution is -0.122. The molecule has 30 heavy (non-hydrogen) atoms. The topological polar surface area (TPSA) is 87.5 Å². The lowest BCUT2D eigenvalue weighted by atomic mass is 10.1. The van der Waals surface area contributed by atoms with Crippen LogP contribution in [0.3, 0.4) is 0 Å². The quantitative estimate of drug-likeness (QED) is 0.556. The number of nitrogens with zero attached hydrogens (tertiary/aromatic N) is 2. The Morgan fingerprint density at radius 2 is 2.00 bits per heavy atom. The third-order valence-electron chi connectivity index (χ3n) is 4.08. The van der Waals surface area contributed by atoms with E-state index in [-0.39, 0.29) is 5.91 Å². The van der Waals surface area contributed by atoms with Gasteiger partial charge in [-0.1, -0.05) is 12.1 Å². The van der Waals surface area contributed by atoms with E-state index < -0.39 is 18.8 Å². The van der Waals surface area contributed by atoms with E-state index in [0.717, 1.165) is 11.3 Å². The van der Waals surface area contributed by atoms with Gasteiger partial charge in [0.1, 0.15) is 12.2 Å². The van der Waals surface area contributed by atoms with Gasteiger partial charge in [-0.05, 0) is 35.9 Å². The normalized spacial score (nSPS) is 11.6. The van der Waals surface area contributed by atoms with Gasteiger partial charge in [0.15, 0.2) is 0 Å². The fourth-order valence-electron chi connectivity index (χ4n) is 2.68. The van der Waals surface area contributed by atoms with Crippen molar-refractivity contribution < 1.29 is 22.8 Å². The molecular formula is C20H18F3N5O2. The summed E-state index contributed by atoms with van der Waals surface area (Å²) >= 11 is 0. The molecule has 7 nitrogen and oxygen atoms in total. The van der Waals surface area contributed by atoms with Crippen molar-refractivity contribution >= 4 is 29.3 Å². The number of hydrogen-bond acceptors (Lipinski definition) is 3. The maximum Gasteiger partial charge on any atom is 0.405 e. The van der Waals surface area contributed by atoms with Gasteiger partial charge in [0.05, 0.1) is 11.9 Å². The largest absolute Gasteiger partial charge is 0.405 e. The van der Waals surface area contributed by atoms with Crippen molar-refractivity contribution in [1.82, 2.24) is 20.0 Å². The highest BCUT2D eigenvalue weighted by Crippen LogP contribution is 2.24. The second-order valence-corrected chi connectivity index (χ2v) is 6.28. The van der Waals surface area contributed by atoms with Crippen LogP contribution in [0.5, 0.6) is 0 Å². The SMILES string of the molecule is CNC(=O)/C=C/c1ccn2c(-c3cccc(NC(=O)NCC(F)(F)F)c3)cnc2c1. The molecule has 0 saturated heterocycles. The van der Waals surface area contributed by atoms with Crippen molar-refractivity contribution in [3.05, 3.63) is 60.4 Å². The van der Waals surface area contributed by atoms with Crippen LogP contribution in [0.1, 0.15) is 5.56 Å². The second kappa shape index (κ2) is 8.68. The summed E-state index contributed by atoms with van der Waals surface area (Å²) in [5.41, 5.74) is 3.22. The summed E-state index contributed by atoms with van der Waals surface area (Å²) in [5, 5.41) is 6.63. The van der Waals surface area contributed by atoms with E-state index >= 15 is 0 Å². The Balaban J connectivity index is 1.79. The van der Waals surface area contributed by atoms with Gasteiger partial charge in [-0.15, -0.1) is 0 Å². The monoisotopic (exact) mass is 417 g/mol. The zero-order valence-corrected chi connectivity index (χ0v) is 15.8. The van der Waals surface area contributed by atoms with Crippen LogP contribution in [0.25, 0.3) is 23.0 Å². The number of benzene rings is 1.